The lowest BCUT2D eigenvalue weighted by Crippen LogP contribution is -2.18. The van der Waals surface area contributed by atoms with Gasteiger partial charge < -0.3 is 4.74 Å². The summed E-state index contributed by atoms with van der Waals surface area (Å²) in [6.07, 6.45) is 1.81. The minimum absolute atomic E-state index is 0.167. The van der Waals surface area contributed by atoms with E-state index in [2.05, 4.69) is 25.8 Å². The van der Waals surface area contributed by atoms with E-state index in [1.165, 1.54) is 17.5 Å². The number of hydrogen-bond donors (Lipinski definition) is 0. The number of halogens is 1. The molecule has 3 nitrogen and oxygen atoms in total. The molecule has 5 heteroatoms. The topological polar surface area (TPSA) is 39.2 Å². The number of carbonyl (C=O) groups is 1. The number of Topliss-reactive ketones (excluding diaryl/α,β-unsaturated/α-hetero) is 1. The Morgan fingerprint density at radius 2 is 1.96 bits per heavy atom. The van der Waals surface area contributed by atoms with Gasteiger partial charge in [0.2, 0.25) is 5.78 Å². The summed E-state index contributed by atoms with van der Waals surface area (Å²) >= 11 is 1.18. The third-order valence-corrected chi connectivity index (χ3v) is 4.82. The average Bonchev–Trinajstić information content (AvgIpc) is 3.10. The van der Waals surface area contributed by atoms with E-state index < -0.39 is 12.0 Å². The summed E-state index contributed by atoms with van der Waals surface area (Å²) in [4.78, 5) is 15.7. The molecule has 24 heavy (non-hydrogen) atoms. The number of nitrogens with zero attached hydrogens (tertiary/aromatic N) is 1. The van der Waals surface area contributed by atoms with Crippen molar-refractivity contribution in [2.75, 3.05) is 0 Å². The third kappa shape index (κ3) is 5.41. The van der Waals surface area contributed by atoms with Crippen LogP contribution in [0.2, 0.25) is 0 Å². The van der Waals surface area contributed by atoms with Crippen LogP contribution in [0.1, 0.15) is 49.0 Å². The quantitative estimate of drug-likeness (QED) is 0.591. The minimum atomic E-state index is -1.47. The number of hydrogen-bond acceptors (Lipinski definition) is 4. The zero-order valence-corrected chi connectivity index (χ0v) is 15.2. The number of ketones is 1. The van der Waals surface area contributed by atoms with Gasteiger partial charge in [-0.25, -0.2) is 9.37 Å². The molecule has 0 bridgehead atoms. The maximum absolute atomic E-state index is 13.9. The van der Waals surface area contributed by atoms with E-state index in [0.29, 0.717) is 12.3 Å². The second-order valence-electron chi connectivity index (χ2n) is 6.27. The molecule has 0 spiro atoms. The highest BCUT2D eigenvalue weighted by Gasteiger charge is 2.20. The van der Waals surface area contributed by atoms with Gasteiger partial charge in [0.05, 0.1) is 6.10 Å². The summed E-state index contributed by atoms with van der Waals surface area (Å²) < 4.78 is 19.8. The fourth-order valence-electron chi connectivity index (χ4n) is 2.18. The van der Waals surface area contributed by atoms with Crippen LogP contribution in [0.4, 0.5) is 4.39 Å². The number of alkyl halides is 1. The van der Waals surface area contributed by atoms with Crippen molar-refractivity contribution in [3.8, 4) is 5.75 Å². The van der Waals surface area contributed by atoms with Crippen LogP contribution in [0.3, 0.4) is 0 Å². The predicted molar refractivity (Wildman–Crippen MR) is 95.6 cm³/mol. The van der Waals surface area contributed by atoms with Gasteiger partial charge in [0, 0.05) is 11.6 Å². The molecule has 0 radical (unpaired) electrons. The third-order valence-electron chi connectivity index (χ3n) is 4.03. The monoisotopic (exact) mass is 349 g/mol. The molecule has 0 fully saturated rings. The molecule has 0 aliphatic carbocycles. The van der Waals surface area contributed by atoms with Gasteiger partial charge in [-0.15, -0.1) is 11.3 Å². The molecular weight excluding hydrogens is 325 g/mol. The van der Waals surface area contributed by atoms with Crippen molar-refractivity contribution in [2.45, 2.75) is 52.3 Å². The summed E-state index contributed by atoms with van der Waals surface area (Å²) in [6, 6.07) is 7.89. The first-order valence-corrected chi connectivity index (χ1v) is 9.18. The van der Waals surface area contributed by atoms with Gasteiger partial charge in [-0.05, 0) is 49.8 Å². The van der Waals surface area contributed by atoms with Crippen LogP contribution in [0, 0.1) is 5.92 Å². The van der Waals surface area contributed by atoms with Gasteiger partial charge in [-0.1, -0.05) is 26.0 Å². The molecule has 0 saturated heterocycles. The Hall–Kier alpha value is -1.75. The SMILES string of the molecule is CC(C)C(C)Oc1ccc(CCCC(F)C(=O)c2nccs2)cc1. The van der Waals surface area contributed by atoms with Crippen LogP contribution in [0.25, 0.3) is 0 Å². The van der Waals surface area contributed by atoms with E-state index >= 15 is 0 Å². The number of carbonyl (C=O) groups excluding carboxylic acids is 1. The first-order chi connectivity index (χ1) is 11.5. The smallest absolute Gasteiger partial charge is 0.225 e. The Kier molecular flexibility index (Phi) is 6.91. The fourth-order valence-corrected chi connectivity index (χ4v) is 2.80. The Morgan fingerprint density at radius 1 is 1.25 bits per heavy atom. The van der Waals surface area contributed by atoms with Crippen molar-refractivity contribution in [3.63, 3.8) is 0 Å². The van der Waals surface area contributed by atoms with E-state index in [-0.39, 0.29) is 17.5 Å². The van der Waals surface area contributed by atoms with Crippen molar-refractivity contribution >= 4 is 17.1 Å². The number of ether oxygens (including phenoxy) is 1. The van der Waals surface area contributed by atoms with Crippen LogP contribution in [0.15, 0.2) is 35.8 Å². The van der Waals surface area contributed by atoms with Gasteiger partial charge in [-0.3, -0.25) is 4.79 Å². The molecule has 2 rings (SSSR count). The van der Waals surface area contributed by atoms with Crippen LogP contribution in [-0.2, 0) is 6.42 Å². The van der Waals surface area contributed by atoms with Gasteiger partial charge in [0.1, 0.15) is 5.75 Å². The molecule has 2 unspecified atom stereocenters. The molecule has 130 valence electrons. The lowest BCUT2D eigenvalue weighted by atomic mass is 10.0. The highest BCUT2D eigenvalue weighted by molar-refractivity contribution is 7.11. The maximum atomic E-state index is 13.9. The molecule has 0 aliphatic heterocycles. The first kappa shape index (κ1) is 18.6. The number of rotatable bonds is 9. The molecule has 1 aromatic carbocycles. The van der Waals surface area contributed by atoms with Crippen LogP contribution >= 0.6 is 11.3 Å². The predicted octanol–water partition coefficient (Wildman–Crippen LogP) is 5.11. The van der Waals surface area contributed by atoms with Crippen molar-refractivity contribution in [3.05, 3.63) is 46.4 Å². The summed E-state index contributed by atoms with van der Waals surface area (Å²) in [6.45, 7) is 6.30. The fraction of sp³-hybridized carbons (Fsp3) is 0.474. The lowest BCUT2D eigenvalue weighted by Gasteiger charge is -2.18. The van der Waals surface area contributed by atoms with E-state index in [1.807, 2.05) is 24.3 Å². The summed E-state index contributed by atoms with van der Waals surface area (Å²) in [5, 5.41) is 1.94. The zero-order valence-electron chi connectivity index (χ0n) is 14.4. The Balaban J connectivity index is 1.77. The Bertz CT molecular complexity index is 625. The zero-order chi connectivity index (χ0) is 17.5. The minimum Gasteiger partial charge on any atom is -0.490 e. The van der Waals surface area contributed by atoms with E-state index in [4.69, 9.17) is 4.74 Å². The maximum Gasteiger partial charge on any atom is 0.225 e. The average molecular weight is 349 g/mol. The molecule has 1 aromatic heterocycles. The van der Waals surface area contributed by atoms with Gasteiger partial charge >= 0.3 is 0 Å². The molecular formula is C19H24FNO2S. The molecule has 2 aromatic rings. The van der Waals surface area contributed by atoms with Crippen LogP contribution < -0.4 is 4.74 Å². The molecule has 0 saturated carbocycles. The molecule has 1 heterocycles. The van der Waals surface area contributed by atoms with E-state index in [0.717, 1.165) is 17.7 Å². The summed E-state index contributed by atoms with van der Waals surface area (Å²) in [5.41, 5.74) is 1.12. The van der Waals surface area contributed by atoms with Gasteiger partial charge in [0.25, 0.3) is 0 Å². The Morgan fingerprint density at radius 3 is 2.54 bits per heavy atom. The number of benzene rings is 1. The normalized spacial score (nSPS) is 13.7. The second-order valence-corrected chi connectivity index (χ2v) is 7.17. The molecule has 0 N–H and O–H groups in total. The number of aromatic nitrogens is 1. The Labute approximate surface area is 146 Å². The van der Waals surface area contributed by atoms with E-state index in [1.54, 1.807) is 5.38 Å². The van der Waals surface area contributed by atoms with Gasteiger partial charge in [-0.2, -0.15) is 0 Å². The summed E-state index contributed by atoms with van der Waals surface area (Å²) in [7, 11) is 0. The second kappa shape index (κ2) is 8.92. The van der Waals surface area contributed by atoms with Crippen molar-refractivity contribution in [1.29, 1.82) is 0 Å². The largest absolute Gasteiger partial charge is 0.490 e. The first-order valence-electron chi connectivity index (χ1n) is 8.30. The van der Waals surface area contributed by atoms with Gasteiger partial charge in [0.15, 0.2) is 11.2 Å². The molecule has 0 aliphatic rings. The molecule has 2 atom stereocenters. The van der Waals surface area contributed by atoms with E-state index in [9.17, 15) is 9.18 Å². The summed E-state index contributed by atoms with van der Waals surface area (Å²) in [5.74, 6) is 0.806. The van der Waals surface area contributed by atoms with Crippen molar-refractivity contribution in [2.24, 2.45) is 5.92 Å². The van der Waals surface area contributed by atoms with Crippen LogP contribution in [-0.4, -0.2) is 23.0 Å². The molecule has 0 amide bonds. The highest BCUT2D eigenvalue weighted by atomic mass is 32.1. The van der Waals surface area contributed by atoms with Crippen LogP contribution in [0.5, 0.6) is 5.75 Å². The number of aryl methyl sites for hydroxylation is 1. The standard InChI is InChI=1S/C19H24FNO2S/c1-13(2)14(3)23-16-9-7-15(8-10-16)5-4-6-17(20)18(22)19-21-11-12-24-19/h7-14,17H,4-6H2,1-3H3. The lowest BCUT2D eigenvalue weighted by molar-refractivity contribution is 0.0867. The van der Waals surface area contributed by atoms with Crippen molar-refractivity contribution in [1.82, 2.24) is 4.98 Å². The van der Waals surface area contributed by atoms with Crippen molar-refractivity contribution < 1.29 is 13.9 Å². The number of thiazole rings is 1. The highest BCUT2D eigenvalue weighted by Crippen LogP contribution is 2.19.